The van der Waals surface area contributed by atoms with Crippen molar-refractivity contribution >= 4 is 5.97 Å². The average Bonchev–Trinajstić information content (AvgIpc) is 2.49. The van der Waals surface area contributed by atoms with Gasteiger partial charge in [-0.05, 0) is 19.8 Å². The van der Waals surface area contributed by atoms with E-state index in [4.69, 9.17) is 14.6 Å². The maximum atomic E-state index is 8.89. The third kappa shape index (κ3) is 16.0. The second-order valence-corrected chi connectivity index (χ2v) is 7.08. The van der Waals surface area contributed by atoms with Gasteiger partial charge in [-0.15, -0.1) is 0 Å². The van der Waals surface area contributed by atoms with Crippen molar-refractivity contribution in [3.8, 4) is 0 Å². The number of unbranched alkanes of at least 4 members (excludes halogenated alkanes) is 9. The molecule has 0 aromatic carbocycles. The number of hydrogen-bond donors (Lipinski definition) is 0. The first-order valence-corrected chi connectivity index (χ1v) is 9.59. The van der Waals surface area contributed by atoms with Gasteiger partial charge < -0.3 is 19.1 Å². The van der Waals surface area contributed by atoms with Crippen molar-refractivity contribution in [1.82, 2.24) is 0 Å². The Labute approximate surface area is 143 Å². The second-order valence-electron chi connectivity index (χ2n) is 7.08. The molecule has 0 N–H and O–H groups in total. The third-order valence-corrected chi connectivity index (χ3v) is 4.60. The van der Waals surface area contributed by atoms with Gasteiger partial charge in [0.15, 0.2) is 0 Å². The number of quaternary nitrogens is 1. The van der Waals surface area contributed by atoms with Crippen molar-refractivity contribution in [3.63, 3.8) is 0 Å². The molecule has 0 radical (unpaired) electrons. The number of likely N-dealkylation sites (N-methyl/N-ethyl adjacent to an activating group) is 1. The quantitative estimate of drug-likeness (QED) is 0.432. The summed E-state index contributed by atoms with van der Waals surface area (Å²) >= 11 is 0. The Balaban J connectivity index is 0.00000108. The molecule has 4 heteroatoms. The van der Waals surface area contributed by atoms with Gasteiger partial charge >= 0.3 is 0 Å². The fourth-order valence-corrected chi connectivity index (χ4v) is 2.99. The first kappa shape index (κ1) is 22.4. The topological polar surface area (TPSA) is 49.4 Å². The zero-order valence-electron chi connectivity index (χ0n) is 15.8. The summed E-state index contributed by atoms with van der Waals surface area (Å²) in [5.41, 5.74) is 0. The van der Waals surface area contributed by atoms with Crippen LogP contribution in [0.2, 0.25) is 0 Å². The summed E-state index contributed by atoms with van der Waals surface area (Å²) in [6.45, 7) is 8.99. The number of hydrogen-bond acceptors (Lipinski definition) is 3. The Kier molecular flexibility index (Phi) is 14.6. The normalized spacial score (nSPS) is 16.5. The molecule has 0 bridgehead atoms. The van der Waals surface area contributed by atoms with Gasteiger partial charge in [-0.25, -0.2) is 0 Å². The van der Waals surface area contributed by atoms with Crippen molar-refractivity contribution in [3.05, 3.63) is 0 Å². The zero-order chi connectivity index (χ0) is 17.4. The molecule has 0 aromatic rings. The lowest BCUT2D eigenvalue weighted by Crippen LogP contribution is -2.52. The van der Waals surface area contributed by atoms with Gasteiger partial charge in [0.05, 0.1) is 26.8 Å². The van der Waals surface area contributed by atoms with Crippen LogP contribution in [0.1, 0.15) is 78.1 Å². The lowest BCUT2D eigenvalue weighted by atomic mass is 10.1. The number of morpholine rings is 1. The van der Waals surface area contributed by atoms with E-state index in [0.717, 1.165) is 20.1 Å². The predicted molar refractivity (Wildman–Crippen MR) is 94.1 cm³/mol. The van der Waals surface area contributed by atoms with E-state index in [0.29, 0.717) is 0 Å². The summed E-state index contributed by atoms with van der Waals surface area (Å²) in [6, 6.07) is 0. The van der Waals surface area contributed by atoms with Crippen LogP contribution < -0.4 is 5.11 Å². The molecule has 1 rings (SSSR count). The van der Waals surface area contributed by atoms with Gasteiger partial charge in [-0.2, -0.15) is 0 Å². The molecule has 23 heavy (non-hydrogen) atoms. The number of carbonyl (C=O) groups is 1. The molecule has 1 aliphatic rings. The van der Waals surface area contributed by atoms with Crippen molar-refractivity contribution in [2.24, 2.45) is 0 Å². The van der Waals surface area contributed by atoms with E-state index in [1.54, 1.807) is 0 Å². The highest BCUT2D eigenvalue weighted by Crippen LogP contribution is 2.13. The van der Waals surface area contributed by atoms with E-state index in [9.17, 15) is 0 Å². The van der Waals surface area contributed by atoms with Crippen molar-refractivity contribution in [2.45, 2.75) is 78.1 Å². The number of carboxylic acid groups (broad SMARTS) is 1. The molecular formula is C19H39NO3. The Morgan fingerprint density at radius 3 is 1.74 bits per heavy atom. The van der Waals surface area contributed by atoms with E-state index in [-0.39, 0.29) is 0 Å². The Morgan fingerprint density at radius 1 is 0.913 bits per heavy atom. The molecule has 138 valence electrons. The van der Waals surface area contributed by atoms with Crippen LogP contribution in [0.15, 0.2) is 0 Å². The second kappa shape index (κ2) is 14.9. The van der Waals surface area contributed by atoms with E-state index >= 15 is 0 Å². The molecule has 0 unspecified atom stereocenters. The molecule has 0 aromatic heterocycles. The predicted octanol–water partition coefficient (Wildman–Crippen LogP) is 3.14. The lowest BCUT2D eigenvalue weighted by molar-refractivity contribution is -0.917. The minimum absolute atomic E-state index is 0.967. The maximum absolute atomic E-state index is 8.89. The van der Waals surface area contributed by atoms with Gasteiger partial charge in [0.2, 0.25) is 0 Å². The summed E-state index contributed by atoms with van der Waals surface area (Å²) in [7, 11) is 2.40. The van der Waals surface area contributed by atoms with Crippen LogP contribution >= 0.6 is 0 Å². The average molecular weight is 330 g/mol. The molecule has 1 saturated heterocycles. The van der Waals surface area contributed by atoms with E-state index < -0.39 is 5.97 Å². The summed E-state index contributed by atoms with van der Waals surface area (Å²) in [4.78, 5) is 8.89. The maximum Gasteiger partial charge on any atom is 0.102 e. The number of nitrogens with zero attached hydrogens (tertiary/aromatic N) is 1. The van der Waals surface area contributed by atoms with Gasteiger partial charge in [0, 0.05) is 5.97 Å². The number of carbonyl (C=O) groups excluding carboxylic acids is 1. The summed E-state index contributed by atoms with van der Waals surface area (Å²) in [5.74, 6) is -1.08. The van der Waals surface area contributed by atoms with Crippen molar-refractivity contribution in [2.75, 3.05) is 39.9 Å². The van der Waals surface area contributed by atoms with Gasteiger partial charge in [-0.3, -0.25) is 0 Å². The highest BCUT2D eigenvalue weighted by Gasteiger charge is 2.23. The lowest BCUT2D eigenvalue weighted by Gasteiger charge is -2.37. The van der Waals surface area contributed by atoms with Crippen LogP contribution in [0.25, 0.3) is 0 Å². The van der Waals surface area contributed by atoms with Crippen LogP contribution in [-0.4, -0.2) is 50.3 Å². The van der Waals surface area contributed by atoms with Gasteiger partial charge in [0.1, 0.15) is 13.1 Å². The monoisotopic (exact) mass is 329 g/mol. The standard InChI is InChI=1S/C17H36NO.C2H4O2/c1-3-4-5-6-7-8-9-10-11-12-13-18(2)14-16-19-17-15-18;1-2(3)4/h3-17H2,1-2H3;1H3,(H,3,4)/q+1;/p-1. The molecule has 0 amide bonds. The Morgan fingerprint density at radius 2 is 1.30 bits per heavy atom. The number of rotatable bonds is 11. The summed E-state index contributed by atoms with van der Waals surface area (Å²) < 4.78 is 6.70. The zero-order valence-corrected chi connectivity index (χ0v) is 15.8. The van der Waals surface area contributed by atoms with Crippen LogP contribution in [0, 0.1) is 0 Å². The molecular weight excluding hydrogens is 290 g/mol. The molecule has 1 heterocycles. The minimum Gasteiger partial charge on any atom is -0.550 e. The largest absolute Gasteiger partial charge is 0.550 e. The van der Waals surface area contributed by atoms with E-state index in [1.807, 2.05) is 0 Å². The first-order valence-electron chi connectivity index (χ1n) is 9.59. The van der Waals surface area contributed by atoms with Crippen LogP contribution in [0.4, 0.5) is 0 Å². The molecule has 0 atom stereocenters. The molecule has 1 fully saturated rings. The molecule has 1 aliphatic heterocycles. The van der Waals surface area contributed by atoms with Crippen molar-refractivity contribution in [1.29, 1.82) is 0 Å². The highest BCUT2D eigenvalue weighted by molar-refractivity contribution is 5.60. The van der Waals surface area contributed by atoms with Crippen LogP contribution in [-0.2, 0) is 9.53 Å². The molecule has 0 saturated carbocycles. The van der Waals surface area contributed by atoms with Crippen molar-refractivity contribution < 1.29 is 19.1 Å². The molecule has 4 nitrogen and oxygen atoms in total. The summed E-state index contributed by atoms with van der Waals surface area (Å²) in [6.07, 6.45) is 14.4. The fourth-order valence-electron chi connectivity index (χ4n) is 2.99. The first-order chi connectivity index (χ1) is 11.0. The van der Waals surface area contributed by atoms with E-state index in [2.05, 4.69) is 14.0 Å². The van der Waals surface area contributed by atoms with Gasteiger partial charge in [0.25, 0.3) is 0 Å². The van der Waals surface area contributed by atoms with Gasteiger partial charge in [-0.1, -0.05) is 58.3 Å². The van der Waals surface area contributed by atoms with Crippen LogP contribution in [0.5, 0.6) is 0 Å². The third-order valence-electron chi connectivity index (χ3n) is 4.60. The number of carboxylic acids is 1. The molecule has 0 spiro atoms. The van der Waals surface area contributed by atoms with E-state index in [1.165, 1.54) is 88.3 Å². The van der Waals surface area contributed by atoms with Crippen LogP contribution in [0.3, 0.4) is 0 Å². The SMILES string of the molecule is CC(=O)[O-].CCCCCCCCCCCC[N+]1(C)CCOCC1. The summed E-state index contributed by atoms with van der Waals surface area (Å²) in [5, 5.41) is 8.89. The highest BCUT2D eigenvalue weighted by atomic mass is 16.5. The fraction of sp³-hybridized carbons (Fsp3) is 0.947. The number of ether oxygens (including phenoxy) is 1. The smallest absolute Gasteiger partial charge is 0.102 e. The number of aliphatic carboxylic acids is 1. The molecule has 0 aliphatic carbocycles. The Hall–Kier alpha value is -0.610. The minimum atomic E-state index is -1.08. The Bertz CT molecular complexity index is 272.